The highest BCUT2D eigenvalue weighted by atomic mass is 31.2. The maximum atomic E-state index is 13.0. The molecule has 0 heterocycles. The van der Waals surface area contributed by atoms with Gasteiger partial charge in [-0.1, -0.05) is 253 Å². The topological polar surface area (TPSA) is 237 Å². The van der Waals surface area contributed by atoms with Crippen molar-refractivity contribution in [2.45, 2.75) is 323 Å². The molecule has 0 aliphatic carbocycles. The number of phosphoric acid groups is 2. The number of carbonyl (C=O) groups excluding carboxylic acids is 4. The molecule has 0 aliphatic rings. The van der Waals surface area contributed by atoms with E-state index in [1.165, 1.54) is 103 Å². The number of rotatable bonds is 61. The third-order valence-corrected chi connectivity index (χ3v) is 16.8. The van der Waals surface area contributed by atoms with Gasteiger partial charge in [-0.25, -0.2) is 9.13 Å². The summed E-state index contributed by atoms with van der Waals surface area (Å²) in [6, 6.07) is 0. The minimum Gasteiger partial charge on any atom is -0.462 e. The van der Waals surface area contributed by atoms with Crippen molar-refractivity contribution in [3.63, 3.8) is 0 Å². The van der Waals surface area contributed by atoms with Gasteiger partial charge in [-0.2, -0.15) is 0 Å². The summed E-state index contributed by atoms with van der Waals surface area (Å²) >= 11 is 0. The standard InChI is InChI=1S/C62H120O17P2/c1-7-11-13-15-17-18-19-20-21-22-23-25-34-40-46-61(66)78-57(51-73-60(65)45-39-33-28-26-30-36-42-54(5)9-3)52-76-80(68,69)74-48-56(63)49-75-81(70,71)77-53-58(50-72-59(64)44-38-32-24-16-14-12-8-2)79-62(67)47-41-35-29-27-31-37-43-55(6)10-4/h54-58,63H,7-53H2,1-6H3,(H,68,69)(H,70,71)/t54?,55?,56-,57-,58-/m1/s1. The van der Waals surface area contributed by atoms with E-state index in [1.54, 1.807) is 0 Å². The van der Waals surface area contributed by atoms with E-state index >= 15 is 0 Å². The molecule has 0 saturated heterocycles. The molecule has 81 heavy (non-hydrogen) atoms. The lowest BCUT2D eigenvalue weighted by Gasteiger charge is -2.21. The number of esters is 4. The molecule has 0 spiro atoms. The van der Waals surface area contributed by atoms with Gasteiger partial charge in [0.2, 0.25) is 0 Å². The molecule has 7 atom stereocenters. The highest BCUT2D eigenvalue weighted by Crippen LogP contribution is 2.45. The summed E-state index contributed by atoms with van der Waals surface area (Å²) in [7, 11) is -9.88. The molecule has 0 aromatic rings. The number of hydrogen-bond donors (Lipinski definition) is 3. The van der Waals surface area contributed by atoms with Crippen molar-refractivity contribution in [3.05, 3.63) is 0 Å². The van der Waals surface area contributed by atoms with E-state index in [0.717, 1.165) is 121 Å². The van der Waals surface area contributed by atoms with Crippen LogP contribution in [0, 0.1) is 11.8 Å². The first-order valence-electron chi connectivity index (χ1n) is 32.6. The van der Waals surface area contributed by atoms with E-state index in [-0.39, 0.29) is 25.7 Å². The first-order valence-corrected chi connectivity index (χ1v) is 35.6. The number of aliphatic hydroxyl groups excluding tert-OH is 1. The van der Waals surface area contributed by atoms with Crippen molar-refractivity contribution in [3.8, 4) is 0 Å². The van der Waals surface area contributed by atoms with Gasteiger partial charge in [0.05, 0.1) is 26.4 Å². The number of hydrogen-bond acceptors (Lipinski definition) is 15. The van der Waals surface area contributed by atoms with E-state index in [9.17, 15) is 43.2 Å². The van der Waals surface area contributed by atoms with Gasteiger partial charge in [-0.3, -0.25) is 37.3 Å². The molecular formula is C62H120O17P2. The first kappa shape index (κ1) is 79.1. The molecule has 3 N–H and O–H groups in total. The Balaban J connectivity index is 5.22. The second-order valence-electron chi connectivity index (χ2n) is 22.9. The van der Waals surface area contributed by atoms with Gasteiger partial charge >= 0.3 is 39.5 Å². The van der Waals surface area contributed by atoms with Crippen LogP contribution in [0.1, 0.15) is 305 Å². The van der Waals surface area contributed by atoms with Crippen LogP contribution < -0.4 is 0 Å². The van der Waals surface area contributed by atoms with Crippen LogP contribution in [0.15, 0.2) is 0 Å². The van der Waals surface area contributed by atoms with Crippen LogP contribution in [0.25, 0.3) is 0 Å². The first-order chi connectivity index (χ1) is 38.9. The molecule has 0 radical (unpaired) electrons. The SMILES string of the molecule is CCCCCCCCCCCCCCCCC(=O)O[C@H](COC(=O)CCCCCCCCC(C)CC)COP(=O)(O)OC[C@@H](O)COP(=O)(O)OC[C@@H](COC(=O)CCCCCCCCC)OC(=O)CCCCCCCCC(C)CC. The molecule has 0 aromatic heterocycles. The van der Waals surface area contributed by atoms with E-state index in [0.29, 0.717) is 25.7 Å². The smallest absolute Gasteiger partial charge is 0.462 e. The Hall–Kier alpha value is -1.94. The molecule has 480 valence electrons. The maximum absolute atomic E-state index is 13.0. The average molecular weight is 1200 g/mol. The van der Waals surface area contributed by atoms with Crippen LogP contribution >= 0.6 is 15.6 Å². The second-order valence-corrected chi connectivity index (χ2v) is 25.8. The molecule has 0 bridgehead atoms. The zero-order valence-corrected chi connectivity index (χ0v) is 53.9. The van der Waals surface area contributed by atoms with E-state index in [4.69, 9.17) is 37.0 Å². The summed E-state index contributed by atoms with van der Waals surface area (Å²) in [5, 5.41) is 10.5. The summed E-state index contributed by atoms with van der Waals surface area (Å²) in [5.74, 6) is -0.692. The zero-order valence-electron chi connectivity index (χ0n) is 52.1. The van der Waals surface area contributed by atoms with Gasteiger partial charge in [0.1, 0.15) is 19.3 Å². The van der Waals surface area contributed by atoms with Crippen molar-refractivity contribution in [2.24, 2.45) is 11.8 Å². The number of unbranched alkanes of at least 4 members (excludes halogenated alkanes) is 29. The highest BCUT2D eigenvalue weighted by molar-refractivity contribution is 7.47. The van der Waals surface area contributed by atoms with E-state index < -0.39 is 97.5 Å². The lowest BCUT2D eigenvalue weighted by atomic mass is 10.00. The molecule has 19 heteroatoms. The molecule has 0 rings (SSSR count). The fraction of sp³-hybridized carbons (Fsp3) is 0.935. The molecule has 17 nitrogen and oxygen atoms in total. The molecule has 0 saturated carbocycles. The Morgan fingerprint density at radius 1 is 0.346 bits per heavy atom. The van der Waals surface area contributed by atoms with Gasteiger partial charge in [0.15, 0.2) is 12.2 Å². The van der Waals surface area contributed by atoms with Crippen LogP contribution in [0.3, 0.4) is 0 Å². The van der Waals surface area contributed by atoms with Gasteiger partial charge in [-0.05, 0) is 37.5 Å². The Bertz CT molecular complexity index is 1600. The fourth-order valence-electron chi connectivity index (χ4n) is 9.11. The predicted octanol–water partition coefficient (Wildman–Crippen LogP) is 16.9. The summed E-state index contributed by atoms with van der Waals surface area (Å²) in [4.78, 5) is 72.0. The molecular weight excluding hydrogens is 1080 g/mol. The summed E-state index contributed by atoms with van der Waals surface area (Å²) in [5.41, 5.74) is 0. The fourth-order valence-corrected chi connectivity index (χ4v) is 10.7. The van der Waals surface area contributed by atoms with Crippen LogP contribution in [-0.2, 0) is 65.4 Å². The van der Waals surface area contributed by atoms with Crippen molar-refractivity contribution < 1.29 is 80.2 Å². The van der Waals surface area contributed by atoms with Crippen LogP contribution in [0.4, 0.5) is 0 Å². The lowest BCUT2D eigenvalue weighted by molar-refractivity contribution is -0.161. The van der Waals surface area contributed by atoms with Crippen LogP contribution in [-0.4, -0.2) is 96.7 Å². The van der Waals surface area contributed by atoms with Crippen LogP contribution in [0.5, 0.6) is 0 Å². The predicted molar refractivity (Wildman–Crippen MR) is 321 cm³/mol. The van der Waals surface area contributed by atoms with Crippen molar-refractivity contribution in [2.75, 3.05) is 39.6 Å². The van der Waals surface area contributed by atoms with Gasteiger partial charge < -0.3 is 33.8 Å². The molecule has 4 unspecified atom stereocenters. The number of aliphatic hydroxyl groups is 1. The Morgan fingerprint density at radius 3 is 0.877 bits per heavy atom. The number of carbonyl (C=O) groups is 4. The Morgan fingerprint density at radius 2 is 0.593 bits per heavy atom. The molecule has 0 aliphatic heterocycles. The van der Waals surface area contributed by atoms with E-state index in [1.807, 2.05) is 0 Å². The Kier molecular flexibility index (Phi) is 53.4. The molecule has 0 fully saturated rings. The maximum Gasteiger partial charge on any atom is 0.472 e. The van der Waals surface area contributed by atoms with E-state index in [2.05, 4.69) is 41.5 Å². The third kappa shape index (κ3) is 54.5. The van der Waals surface area contributed by atoms with Crippen molar-refractivity contribution in [1.82, 2.24) is 0 Å². The number of ether oxygens (including phenoxy) is 4. The number of phosphoric ester groups is 2. The third-order valence-electron chi connectivity index (χ3n) is 14.9. The average Bonchev–Trinajstić information content (AvgIpc) is 3.44. The normalized spacial score (nSPS) is 15.0. The summed E-state index contributed by atoms with van der Waals surface area (Å²) < 4.78 is 67.8. The molecule has 0 aromatic carbocycles. The quantitative estimate of drug-likeness (QED) is 0.0222. The summed E-state index contributed by atoms with van der Waals surface area (Å²) in [6.07, 6.45) is 36.3. The van der Waals surface area contributed by atoms with Gasteiger partial charge in [0.25, 0.3) is 0 Å². The van der Waals surface area contributed by atoms with Crippen LogP contribution in [0.2, 0.25) is 0 Å². The monoisotopic (exact) mass is 1200 g/mol. The van der Waals surface area contributed by atoms with Gasteiger partial charge in [0, 0.05) is 25.7 Å². The second kappa shape index (κ2) is 54.7. The summed E-state index contributed by atoms with van der Waals surface area (Å²) in [6.45, 7) is 9.35. The van der Waals surface area contributed by atoms with Crippen molar-refractivity contribution in [1.29, 1.82) is 0 Å². The van der Waals surface area contributed by atoms with Gasteiger partial charge in [-0.15, -0.1) is 0 Å². The Labute approximate surface area is 492 Å². The minimum atomic E-state index is -4.94. The lowest BCUT2D eigenvalue weighted by Crippen LogP contribution is -2.30. The molecule has 0 amide bonds. The van der Waals surface area contributed by atoms with Crippen molar-refractivity contribution >= 4 is 39.5 Å². The largest absolute Gasteiger partial charge is 0.472 e. The highest BCUT2D eigenvalue weighted by Gasteiger charge is 2.30. The zero-order chi connectivity index (χ0) is 60.1. The minimum absolute atomic E-state index is 0.102.